The van der Waals surface area contributed by atoms with E-state index >= 15 is 0 Å². The third kappa shape index (κ3) is 4.13. The van der Waals surface area contributed by atoms with Crippen LogP contribution in [0.1, 0.15) is 11.1 Å². The summed E-state index contributed by atoms with van der Waals surface area (Å²) in [6.07, 6.45) is 0. The molecule has 0 fully saturated rings. The molecule has 32 heavy (non-hydrogen) atoms. The third-order valence-corrected chi connectivity index (χ3v) is 37.0. The lowest BCUT2D eigenvalue weighted by Gasteiger charge is -2.48. The molecule has 1 radical (unpaired) electrons. The van der Waals surface area contributed by atoms with Crippen molar-refractivity contribution in [3.05, 3.63) is 120 Å². The van der Waals surface area contributed by atoms with E-state index < -0.39 is 23.0 Å². The Labute approximate surface area is 197 Å². The molecule has 0 aliphatic heterocycles. The second-order valence-corrected chi connectivity index (χ2v) is 30.9. The molecule has 0 bridgehead atoms. The Bertz CT molecular complexity index is 1060. The number of aryl methyl sites for hydroxylation is 2. The normalized spacial score (nSPS) is 12.2. The summed E-state index contributed by atoms with van der Waals surface area (Å²) in [5, 5.41) is 6.29. The van der Waals surface area contributed by atoms with Crippen molar-refractivity contribution in [2.45, 2.75) is 33.5 Å². The first-order chi connectivity index (χ1) is 15.3. The van der Waals surface area contributed by atoms with Crippen LogP contribution in [-0.4, -0.2) is 23.0 Å². The van der Waals surface area contributed by atoms with Crippen molar-refractivity contribution in [1.29, 1.82) is 0 Å². The second kappa shape index (κ2) is 9.18. The van der Waals surface area contributed by atoms with Crippen LogP contribution in [0.25, 0.3) is 0 Å². The minimum absolute atomic E-state index is 1.09. The van der Waals surface area contributed by atoms with Crippen LogP contribution in [0.2, 0.25) is 19.6 Å². The van der Waals surface area contributed by atoms with Gasteiger partial charge in [0.25, 0.3) is 0 Å². The Hall–Kier alpha value is -2.47. The molecule has 4 aromatic rings. The summed E-state index contributed by atoms with van der Waals surface area (Å²) in [7, 11) is -4.94. The second-order valence-electron chi connectivity index (χ2n) is 9.84. The van der Waals surface area contributed by atoms with Crippen molar-refractivity contribution in [3.8, 4) is 0 Å². The van der Waals surface area contributed by atoms with E-state index in [-0.39, 0.29) is 0 Å². The summed E-state index contributed by atoms with van der Waals surface area (Å²) in [6.45, 7) is 12.2. The Morgan fingerprint density at radius 1 is 0.469 bits per heavy atom. The van der Waals surface area contributed by atoms with E-state index in [2.05, 4.69) is 143 Å². The quantitative estimate of drug-likeness (QED) is 0.363. The van der Waals surface area contributed by atoms with E-state index in [1.165, 1.54) is 11.1 Å². The van der Waals surface area contributed by atoms with Gasteiger partial charge in [0.2, 0.25) is 0 Å². The van der Waals surface area contributed by atoms with Crippen LogP contribution in [0.5, 0.6) is 0 Å². The van der Waals surface area contributed by atoms with Crippen LogP contribution in [0.15, 0.2) is 109 Å². The van der Waals surface area contributed by atoms with Crippen LogP contribution < -0.4 is 20.7 Å². The first kappa shape index (κ1) is 22.7. The van der Waals surface area contributed by atoms with Gasteiger partial charge in [-0.1, -0.05) is 161 Å². The van der Waals surface area contributed by atoms with Crippen molar-refractivity contribution in [2.75, 3.05) is 0 Å². The highest BCUT2D eigenvalue weighted by Crippen LogP contribution is 2.23. The van der Waals surface area contributed by atoms with E-state index in [9.17, 15) is 0 Å². The highest BCUT2D eigenvalue weighted by Gasteiger charge is 2.55. The lowest BCUT2D eigenvalue weighted by Crippen LogP contribution is -2.86. The molecule has 0 amide bonds. The minimum atomic E-state index is -2.15. The van der Waals surface area contributed by atoms with Crippen LogP contribution in [0.3, 0.4) is 0 Å². The number of rotatable bonds is 6. The zero-order valence-corrected chi connectivity index (χ0v) is 22.9. The molecule has 0 N–H and O–H groups in total. The molecule has 0 unspecified atom stereocenters. The molecule has 3 heteroatoms. The van der Waals surface area contributed by atoms with Gasteiger partial charge in [-0.3, -0.25) is 0 Å². The molecule has 0 spiro atoms. The van der Waals surface area contributed by atoms with E-state index in [1.54, 1.807) is 20.7 Å². The average molecular weight is 466 g/mol. The summed E-state index contributed by atoms with van der Waals surface area (Å²) >= 11 is 0. The van der Waals surface area contributed by atoms with Gasteiger partial charge in [0.1, 0.15) is 15.4 Å². The van der Waals surface area contributed by atoms with Gasteiger partial charge >= 0.3 is 0 Å². The van der Waals surface area contributed by atoms with Gasteiger partial charge in [-0.25, -0.2) is 0 Å². The summed E-state index contributed by atoms with van der Waals surface area (Å²) < 4.78 is 0. The fourth-order valence-corrected chi connectivity index (χ4v) is 36.2. The smallest absolute Gasteiger partial charge is 0.0710 e. The standard InChI is InChI=1S/C29H33Si3/c1-24-16-20-26(21-17-24)30(27-22-18-25(2)19-23-27)32(31(3,4)5,28-12-8-6-9-13-28)29-14-10-7-11-15-29/h6-23H,1-5H3. The van der Waals surface area contributed by atoms with E-state index in [0.717, 1.165) is 0 Å². The minimum Gasteiger partial charge on any atom is -0.0710 e. The topological polar surface area (TPSA) is 0 Å². The maximum Gasteiger partial charge on any atom is 0.120 e. The van der Waals surface area contributed by atoms with Crippen LogP contribution >= 0.6 is 0 Å². The van der Waals surface area contributed by atoms with Gasteiger partial charge in [-0.15, -0.1) is 0 Å². The Kier molecular flexibility index (Phi) is 6.52. The first-order valence-electron chi connectivity index (χ1n) is 11.5. The summed E-state index contributed by atoms with van der Waals surface area (Å²) in [5.74, 6) is 0. The summed E-state index contributed by atoms with van der Waals surface area (Å²) in [5.41, 5.74) is 2.66. The van der Waals surface area contributed by atoms with E-state index in [0.29, 0.717) is 0 Å². The third-order valence-electron chi connectivity index (χ3n) is 6.59. The van der Waals surface area contributed by atoms with E-state index in [1.807, 2.05) is 0 Å². The molecule has 161 valence electrons. The zero-order chi connectivity index (χ0) is 22.8. The molecule has 0 nitrogen and oxygen atoms in total. The highest BCUT2D eigenvalue weighted by atomic mass is 29.6. The largest absolute Gasteiger partial charge is 0.120 e. The van der Waals surface area contributed by atoms with Gasteiger partial charge in [0.15, 0.2) is 0 Å². The van der Waals surface area contributed by atoms with Gasteiger partial charge in [-0.05, 0) is 13.8 Å². The zero-order valence-electron chi connectivity index (χ0n) is 19.9. The number of benzene rings is 4. The average Bonchev–Trinajstić information content (AvgIpc) is 2.79. The molecule has 4 rings (SSSR count). The molecular weight excluding hydrogens is 433 g/mol. The maximum atomic E-state index is 2.62. The predicted octanol–water partition coefficient (Wildman–Crippen LogP) is 4.67. The highest BCUT2D eigenvalue weighted by molar-refractivity contribution is 7.76. The SMILES string of the molecule is Cc1ccc([Si](c2ccc(C)cc2)[Si](c2ccccc2)(c2ccccc2)[Si](C)(C)C)cc1. The molecule has 4 aromatic carbocycles. The lowest BCUT2D eigenvalue weighted by molar-refractivity contribution is 1.48. The summed E-state index contributed by atoms with van der Waals surface area (Å²) in [6, 6.07) is 42.1. The Morgan fingerprint density at radius 3 is 1.12 bits per heavy atom. The first-order valence-corrected chi connectivity index (χ1v) is 20.5. The number of hydrogen-bond acceptors (Lipinski definition) is 0. The molecule has 0 aromatic heterocycles. The lowest BCUT2D eigenvalue weighted by atomic mass is 10.2. The Balaban J connectivity index is 2.14. The predicted molar refractivity (Wildman–Crippen MR) is 149 cm³/mol. The molecule has 0 aliphatic rings. The van der Waals surface area contributed by atoms with Crippen molar-refractivity contribution >= 4 is 43.8 Å². The van der Waals surface area contributed by atoms with Gasteiger partial charge in [-0.2, -0.15) is 0 Å². The van der Waals surface area contributed by atoms with Gasteiger partial charge < -0.3 is 0 Å². The molecule has 0 saturated heterocycles. The molecule has 0 saturated carbocycles. The van der Waals surface area contributed by atoms with Crippen LogP contribution in [-0.2, 0) is 0 Å². The van der Waals surface area contributed by atoms with Crippen molar-refractivity contribution in [1.82, 2.24) is 0 Å². The number of hydrogen-bond donors (Lipinski definition) is 0. The van der Waals surface area contributed by atoms with Gasteiger partial charge in [0.05, 0.1) is 0 Å². The molecular formula is C29H33Si3. The fraction of sp³-hybridized carbons (Fsp3) is 0.172. The molecule has 0 heterocycles. The maximum absolute atomic E-state index is 2.62. The summed E-state index contributed by atoms with van der Waals surface area (Å²) in [4.78, 5) is 0. The Morgan fingerprint density at radius 2 is 0.812 bits per heavy atom. The van der Waals surface area contributed by atoms with E-state index in [4.69, 9.17) is 0 Å². The monoisotopic (exact) mass is 465 g/mol. The molecule has 0 atom stereocenters. The molecule has 0 aliphatic carbocycles. The van der Waals surface area contributed by atoms with Crippen LogP contribution in [0, 0.1) is 13.8 Å². The van der Waals surface area contributed by atoms with Crippen molar-refractivity contribution in [3.63, 3.8) is 0 Å². The van der Waals surface area contributed by atoms with Crippen molar-refractivity contribution < 1.29 is 0 Å². The van der Waals surface area contributed by atoms with Crippen molar-refractivity contribution in [2.24, 2.45) is 0 Å². The van der Waals surface area contributed by atoms with Crippen LogP contribution in [0.4, 0.5) is 0 Å². The fourth-order valence-electron chi connectivity index (χ4n) is 5.11. The van der Waals surface area contributed by atoms with Gasteiger partial charge in [0, 0.05) is 7.59 Å².